The molecule has 1 fully saturated rings. The number of carbonyl (C=O) groups excluding carboxylic acids is 1. The summed E-state index contributed by atoms with van der Waals surface area (Å²) in [5.41, 5.74) is 2.37. The number of sulfone groups is 1. The maximum Gasteiger partial charge on any atom is 0.322 e. The quantitative estimate of drug-likeness (QED) is 0.265. The van der Waals surface area contributed by atoms with E-state index in [0.717, 1.165) is 30.4 Å². The van der Waals surface area contributed by atoms with E-state index in [9.17, 15) is 17.6 Å². The van der Waals surface area contributed by atoms with Gasteiger partial charge in [-0.2, -0.15) is 0 Å². The van der Waals surface area contributed by atoms with Crippen molar-refractivity contribution < 1.29 is 22.3 Å². The van der Waals surface area contributed by atoms with Crippen molar-refractivity contribution in [1.82, 2.24) is 10.6 Å². The summed E-state index contributed by atoms with van der Waals surface area (Å²) in [6, 6.07) is 18.6. The summed E-state index contributed by atoms with van der Waals surface area (Å²) >= 11 is 0. The Balaban J connectivity index is 1.59. The molecule has 1 saturated heterocycles. The van der Waals surface area contributed by atoms with Gasteiger partial charge in [-0.25, -0.2) is 17.6 Å². The van der Waals surface area contributed by atoms with Crippen LogP contribution >= 0.6 is 0 Å². The first-order valence-electron chi connectivity index (χ1n) is 13.7. The maximum atomic E-state index is 14.6. The Bertz CT molecular complexity index is 1440. The monoisotopic (exact) mass is 567 g/mol. The molecule has 9 heteroatoms. The molecule has 0 aliphatic carbocycles. The van der Waals surface area contributed by atoms with Crippen LogP contribution in [0.1, 0.15) is 45.6 Å². The second-order valence-corrected chi connectivity index (χ2v) is 12.7. The highest BCUT2D eigenvalue weighted by Crippen LogP contribution is 2.40. The number of carbonyl (C=O) groups is 1. The summed E-state index contributed by atoms with van der Waals surface area (Å²) in [5, 5.41) is 6.50. The van der Waals surface area contributed by atoms with Gasteiger partial charge in [0.25, 0.3) is 0 Å². The lowest BCUT2D eigenvalue weighted by Crippen LogP contribution is -2.49. The van der Waals surface area contributed by atoms with Gasteiger partial charge in [-0.1, -0.05) is 37.6 Å². The highest BCUT2D eigenvalue weighted by molar-refractivity contribution is 7.90. The van der Waals surface area contributed by atoms with Crippen molar-refractivity contribution in [3.05, 3.63) is 78.1 Å². The van der Waals surface area contributed by atoms with Crippen molar-refractivity contribution in [2.24, 2.45) is 0 Å². The van der Waals surface area contributed by atoms with Crippen molar-refractivity contribution in [2.45, 2.75) is 63.1 Å². The highest BCUT2D eigenvalue weighted by atomic mass is 32.2. The first-order valence-corrected chi connectivity index (χ1v) is 15.6. The Hall–Kier alpha value is -3.43. The lowest BCUT2D eigenvalue weighted by molar-refractivity contribution is 0.242. The number of urea groups is 1. The van der Waals surface area contributed by atoms with Crippen molar-refractivity contribution in [3.63, 3.8) is 0 Å². The molecule has 1 atom stereocenters. The van der Waals surface area contributed by atoms with Gasteiger partial charge in [0, 0.05) is 24.9 Å². The van der Waals surface area contributed by atoms with Crippen LogP contribution in [-0.4, -0.2) is 45.4 Å². The number of halogens is 1. The Morgan fingerprint density at radius 2 is 1.82 bits per heavy atom. The molecule has 0 spiro atoms. The fourth-order valence-electron chi connectivity index (χ4n) is 5.34. The van der Waals surface area contributed by atoms with E-state index in [-0.39, 0.29) is 17.0 Å². The predicted octanol–water partition coefficient (Wildman–Crippen LogP) is 5.93. The van der Waals surface area contributed by atoms with Crippen LogP contribution in [0.15, 0.2) is 71.6 Å². The molecule has 2 amide bonds. The molecular weight excluding hydrogens is 529 g/mol. The molecule has 7 nitrogen and oxygen atoms in total. The molecule has 1 unspecified atom stereocenters. The van der Waals surface area contributed by atoms with Crippen molar-refractivity contribution in [2.75, 3.05) is 24.2 Å². The van der Waals surface area contributed by atoms with E-state index in [0.29, 0.717) is 42.9 Å². The van der Waals surface area contributed by atoms with Gasteiger partial charge in [0.2, 0.25) is 0 Å². The van der Waals surface area contributed by atoms with Gasteiger partial charge in [-0.3, -0.25) is 4.90 Å². The average Bonchev–Trinajstić information content (AvgIpc) is 3.22. The van der Waals surface area contributed by atoms with Crippen LogP contribution in [0.4, 0.5) is 14.9 Å². The number of anilines is 1. The van der Waals surface area contributed by atoms with E-state index in [1.807, 2.05) is 38.1 Å². The molecule has 40 heavy (non-hydrogen) atoms. The summed E-state index contributed by atoms with van der Waals surface area (Å²) in [6.07, 6.45) is 3.48. The topological polar surface area (TPSA) is 87.7 Å². The number of hydrogen-bond acceptors (Lipinski definition) is 5. The minimum atomic E-state index is -3.36. The Kier molecular flexibility index (Phi) is 9.15. The van der Waals surface area contributed by atoms with Crippen molar-refractivity contribution >= 4 is 21.6 Å². The third-order valence-electron chi connectivity index (χ3n) is 7.12. The lowest BCUT2D eigenvalue weighted by atomic mass is 9.87. The van der Waals surface area contributed by atoms with E-state index in [1.165, 1.54) is 24.3 Å². The fraction of sp³-hybridized carbons (Fsp3) is 0.387. The number of nitrogens with zero attached hydrogens (tertiary/aromatic N) is 1. The van der Waals surface area contributed by atoms with Gasteiger partial charge in [-0.05, 0) is 86.8 Å². The smallest absolute Gasteiger partial charge is 0.322 e. The molecule has 1 heterocycles. The number of nitrogens with one attached hydrogen (secondary N) is 2. The largest absolute Gasteiger partial charge is 0.491 e. The second-order valence-electron chi connectivity index (χ2n) is 10.7. The summed E-state index contributed by atoms with van der Waals surface area (Å²) in [5.74, 6) is 0.384. The van der Waals surface area contributed by atoms with Gasteiger partial charge in [-0.15, -0.1) is 0 Å². The Labute approximate surface area is 236 Å². The van der Waals surface area contributed by atoms with Gasteiger partial charge < -0.3 is 15.4 Å². The second kappa shape index (κ2) is 12.4. The van der Waals surface area contributed by atoms with Crippen LogP contribution in [-0.2, 0) is 16.4 Å². The van der Waals surface area contributed by atoms with Gasteiger partial charge >= 0.3 is 6.03 Å². The summed E-state index contributed by atoms with van der Waals surface area (Å²) < 4.78 is 44.4. The van der Waals surface area contributed by atoms with Crippen LogP contribution in [0.2, 0.25) is 0 Å². The number of benzene rings is 3. The standard InChI is InChI=1S/C31H38FN3O4S/c1-5-15-31(16-17-33-20-23-7-6-8-26(18-23)39-22(2)3)21-34-30(36)35(31)29-19-25(32)11-14-28(29)24-9-12-27(13-10-24)40(4,37)38/h6-14,18-19,22,33H,5,15-17,20-21H2,1-4H3,(H,34,36). The molecular formula is C31H38FN3O4S. The van der Waals surface area contributed by atoms with Gasteiger partial charge in [0.15, 0.2) is 9.84 Å². The van der Waals surface area contributed by atoms with Crippen molar-refractivity contribution in [3.8, 4) is 16.9 Å². The van der Waals surface area contributed by atoms with E-state index in [2.05, 4.69) is 17.6 Å². The molecule has 3 aromatic rings. The lowest BCUT2D eigenvalue weighted by Gasteiger charge is -2.38. The number of ether oxygens (including phenoxy) is 1. The molecule has 0 bridgehead atoms. The van der Waals surface area contributed by atoms with Crippen LogP contribution in [0.3, 0.4) is 0 Å². The number of rotatable bonds is 12. The van der Waals surface area contributed by atoms with Crippen molar-refractivity contribution in [1.29, 1.82) is 0 Å². The zero-order chi connectivity index (χ0) is 28.9. The number of hydrogen-bond donors (Lipinski definition) is 2. The normalized spacial score (nSPS) is 17.4. The Morgan fingerprint density at radius 3 is 2.50 bits per heavy atom. The third-order valence-corrected chi connectivity index (χ3v) is 8.25. The Morgan fingerprint density at radius 1 is 1.07 bits per heavy atom. The van der Waals surface area contributed by atoms with E-state index in [4.69, 9.17) is 4.74 Å². The zero-order valence-corrected chi connectivity index (χ0v) is 24.4. The summed E-state index contributed by atoms with van der Waals surface area (Å²) in [4.78, 5) is 15.2. The zero-order valence-electron chi connectivity index (χ0n) is 23.5. The van der Waals surface area contributed by atoms with Crippen LogP contribution < -0.4 is 20.3 Å². The van der Waals surface area contributed by atoms with Gasteiger partial charge in [0.1, 0.15) is 11.6 Å². The van der Waals surface area contributed by atoms with Crippen LogP contribution in [0.5, 0.6) is 5.75 Å². The molecule has 2 N–H and O–H groups in total. The molecule has 0 radical (unpaired) electrons. The van der Waals surface area contributed by atoms with Gasteiger partial charge in [0.05, 0.1) is 22.2 Å². The minimum absolute atomic E-state index is 0.0980. The van der Waals surface area contributed by atoms with E-state index < -0.39 is 21.2 Å². The highest BCUT2D eigenvalue weighted by Gasteiger charge is 2.46. The summed E-state index contributed by atoms with van der Waals surface area (Å²) in [7, 11) is -3.36. The van der Waals surface area contributed by atoms with Crippen LogP contribution in [0.25, 0.3) is 11.1 Å². The molecule has 3 aromatic carbocycles. The fourth-order valence-corrected chi connectivity index (χ4v) is 5.97. The summed E-state index contributed by atoms with van der Waals surface area (Å²) in [6.45, 7) is 7.81. The number of amides is 2. The van der Waals surface area contributed by atoms with Crippen LogP contribution in [0, 0.1) is 5.82 Å². The molecule has 0 saturated carbocycles. The van der Waals surface area contributed by atoms with E-state index in [1.54, 1.807) is 23.1 Å². The molecule has 1 aliphatic heterocycles. The first-order chi connectivity index (χ1) is 19.0. The molecule has 1 aliphatic rings. The first kappa shape index (κ1) is 29.6. The van der Waals surface area contributed by atoms with E-state index >= 15 is 0 Å². The SMILES string of the molecule is CCCC1(CCNCc2cccc(OC(C)C)c2)CNC(=O)N1c1cc(F)ccc1-c1ccc(S(C)(=O)=O)cc1. The maximum absolute atomic E-state index is 14.6. The average molecular weight is 568 g/mol. The molecule has 4 rings (SSSR count). The third kappa shape index (κ3) is 6.82. The molecule has 214 valence electrons. The molecule has 0 aromatic heterocycles. The predicted molar refractivity (Wildman–Crippen MR) is 157 cm³/mol. The minimum Gasteiger partial charge on any atom is -0.491 e.